The highest BCUT2D eigenvalue weighted by Crippen LogP contribution is 2.49. The number of rotatable bonds is 6. The van der Waals surface area contributed by atoms with Crippen LogP contribution in [0.25, 0.3) is 0 Å². The third-order valence-corrected chi connectivity index (χ3v) is 4.39. The summed E-state index contributed by atoms with van der Waals surface area (Å²) in [4.78, 5) is 0. The van der Waals surface area contributed by atoms with Crippen LogP contribution >= 0.6 is 7.60 Å². The van der Waals surface area contributed by atoms with Crippen molar-refractivity contribution in [3.8, 4) is 11.6 Å². The highest BCUT2D eigenvalue weighted by molar-refractivity contribution is 7.59. The van der Waals surface area contributed by atoms with Crippen molar-refractivity contribution in [2.45, 2.75) is 13.3 Å². The lowest BCUT2D eigenvalue weighted by atomic mass is 10.1. The molecule has 118 valence electrons. The van der Waals surface area contributed by atoms with Gasteiger partial charge in [-0.05, 0) is 24.6 Å². The van der Waals surface area contributed by atoms with Gasteiger partial charge in [0.25, 0.3) is 0 Å². The summed E-state index contributed by atoms with van der Waals surface area (Å²) in [5.41, 5.74) is 4.41. The molecule has 4 heteroatoms. The molecule has 0 heterocycles. The predicted octanol–water partition coefficient (Wildman–Crippen LogP) is 5.00. The molecule has 2 aromatic rings. The Morgan fingerprint density at radius 3 is 2.30 bits per heavy atom. The average molecular weight is 326 g/mol. The standard InChI is InChI=1S/C19H19O3P/c1-3-21-23(20,15-14-18-10-6-4-7-11-18)22-17(2)16-19-12-8-5-9-13-19/h4-13H,2-3,16H2,1H3. The van der Waals surface area contributed by atoms with E-state index >= 15 is 0 Å². The summed E-state index contributed by atoms with van der Waals surface area (Å²) in [6.45, 7) is 5.83. The Kier molecular flexibility index (Phi) is 6.23. The SMILES string of the molecule is C=C(Cc1ccccc1)OP(=O)(C#Cc1ccccc1)OCC. The van der Waals surface area contributed by atoms with Gasteiger partial charge in [-0.2, -0.15) is 0 Å². The van der Waals surface area contributed by atoms with E-state index < -0.39 is 7.60 Å². The maximum Gasteiger partial charge on any atom is 0.456 e. The Bertz CT molecular complexity index is 742. The minimum Gasteiger partial charge on any atom is -0.420 e. The molecule has 2 rings (SSSR count). The van der Waals surface area contributed by atoms with E-state index in [0.717, 1.165) is 11.1 Å². The van der Waals surface area contributed by atoms with Gasteiger partial charge < -0.3 is 4.52 Å². The predicted molar refractivity (Wildman–Crippen MR) is 92.9 cm³/mol. The zero-order chi connectivity index (χ0) is 16.5. The molecule has 0 aliphatic heterocycles. The Balaban J connectivity index is 2.09. The Morgan fingerprint density at radius 2 is 1.70 bits per heavy atom. The molecule has 0 aliphatic carbocycles. The van der Waals surface area contributed by atoms with Crippen molar-refractivity contribution in [3.63, 3.8) is 0 Å². The molecule has 0 radical (unpaired) electrons. The van der Waals surface area contributed by atoms with E-state index in [-0.39, 0.29) is 6.61 Å². The van der Waals surface area contributed by atoms with Crippen LogP contribution in [0.15, 0.2) is 73.0 Å². The van der Waals surface area contributed by atoms with Crippen LogP contribution in [0.2, 0.25) is 0 Å². The van der Waals surface area contributed by atoms with Crippen LogP contribution in [0.1, 0.15) is 18.1 Å². The van der Waals surface area contributed by atoms with Crippen LogP contribution in [-0.4, -0.2) is 6.61 Å². The quantitative estimate of drug-likeness (QED) is 0.426. The number of benzene rings is 2. The van der Waals surface area contributed by atoms with Gasteiger partial charge in [0.15, 0.2) is 0 Å². The molecular formula is C19H19O3P. The van der Waals surface area contributed by atoms with E-state index in [1.165, 1.54) is 0 Å². The molecule has 2 aromatic carbocycles. The van der Waals surface area contributed by atoms with Crippen molar-refractivity contribution in [3.05, 3.63) is 84.1 Å². The first-order chi connectivity index (χ1) is 11.1. The first kappa shape index (κ1) is 17.1. The lowest BCUT2D eigenvalue weighted by Crippen LogP contribution is -1.97. The lowest BCUT2D eigenvalue weighted by molar-refractivity contribution is 0.258. The van der Waals surface area contributed by atoms with Crippen LogP contribution in [0.4, 0.5) is 0 Å². The fraction of sp³-hybridized carbons (Fsp3) is 0.158. The summed E-state index contributed by atoms with van der Waals surface area (Å²) >= 11 is 0. The van der Waals surface area contributed by atoms with Crippen LogP contribution in [0, 0.1) is 11.6 Å². The molecule has 0 N–H and O–H groups in total. The van der Waals surface area contributed by atoms with Gasteiger partial charge in [0.2, 0.25) is 0 Å². The second kappa shape index (κ2) is 8.39. The summed E-state index contributed by atoms with van der Waals surface area (Å²) in [5.74, 6) is 3.21. The van der Waals surface area contributed by atoms with E-state index in [4.69, 9.17) is 9.05 Å². The van der Waals surface area contributed by atoms with Crippen molar-refractivity contribution in [2.24, 2.45) is 0 Å². The van der Waals surface area contributed by atoms with Gasteiger partial charge in [0, 0.05) is 17.6 Å². The third-order valence-electron chi connectivity index (χ3n) is 2.90. The van der Waals surface area contributed by atoms with Gasteiger partial charge in [0.05, 0.1) is 6.61 Å². The molecule has 0 amide bonds. The Labute approximate surface area is 137 Å². The average Bonchev–Trinajstić information content (AvgIpc) is 2.55. The molecule has 0 aromatic heterocycles. The first-order valence-corrected chi connectivity index (χ1v) is 8.90. The summed E-state index contributed by atoms with van der Waals surface area (Å²) in [5, 5.41) is 0. The summed E-state index contributed by atoms with van der Waals surface area (Å²) in [6.07, 6.45) is 0.463. The summed E-state index contributed by atoms with van der Waals surface area (Å²) < 4.78 is 23.4. The molecule has 3 nitrogen and oxygen atoms in total. The Morgan fingerprint density at radius 1 is 1.09 bits per heavy atom. The fourth-order valence-electron chi connectivity index (χ4n) is 1.93. The topological polar surface area (TPSA) is 35.5 Å². The van der Waals surface area contributed by atoms with Gasteiger partial charge in [-0.1, -0.05) is 61.0 Å². The smallest absolute Gasteiger partial charge is 0.420 e. The molecule has 23 heavy (non-hydrogen) atoms. The zero-order valence-corrected chi connectivity index (χ0v) is 14.0. The van der Waals surface area contributed by atoms with E-state index in [1.54, 1.807) is 6.92 Å². The van der Waals surface area contributed by atoms with E-state index in [9.17, 15) is 4.57 Å². The number of hydrogen-bond donors (Lipinski definition) is 0. The number of allylic oxidation sites excluding steroid dienone is 1. The normalized spacial score (nSPS) is 12.6. The van der Waals surface area contributed by atoms with Crippen molar-refractivity contribution >= 4 is 7.60 Å². The maximum absolute atomic E-state index is 12.7. The van der Waals surface area contributed by atoms with Crippen LogP contribution in [0.5, 0.6) is 0 Å². The molecule has 0 bridgehead atoms. The van der Waals surface area contributed by atoms with E-state index in [1.807, 2.05) is 60.7 Å². The highest BCUT2D eigenvalue weighted by Gasteiger charge is 2.23. The minimum atomic E-state index is -3.54. The maximum atomic E-state index is 12.7. The lowest BCUT2D eigenvalue weighted by Gasteiger charge is -2.15. The second-order valence-electron chi connectivity index (χ2n) is 4.81. The van der Waals surface area contributed by atoms with Crippen molar-refractivity contribution < 1.29 is 13.6 Å². The third kappa shape index (κ3) is 5.79. The fourth-order valence-corrected chi connectivity index (χ4v) is 3.10. The van der Waals surface area contributed by atoms with Crippen molar-refractivity contribution in [1.82, 2.24) is 0 Å². The highest BCUT2D eigenvalue weighted by atomic mass is 31.2. The molecule has 0 spiro atoms. The van der Waals surface area contributed by atoms with Crippen LogP contribution in [0.3, 0.4) is 0 Å². The zero-order valence-electron chi connectivity index (χ0n) is 13.1. The van der Waals surface area contributed by atoms with Crippen LogP contribution < -0.4 is 0 Å². The van der Waals surface area contributed by atoms with E-state index in [2.05, 4.69) is 18.2 Å². The number of hydrogen-bond acceptors (Lipinski definition) is 3. The van der Waals surface area contributed by atoms with Crippen LogP contribution in [-0.2, 0) is 20.0 Å². The minimum absolute atomic E-state index is 0.249. The van der Waals surface area contributed by atoms with Crippen molar-refractivity contribution in [1.29, 1.82) is 0 Å². The monoisotopic (exact) mass is 326 g/mol. The molecule has 0 saturated heterocycles. The van der Waals surface area contributed by atoms with Gasteiger partial charge in [0.1, 0.15) is 5.76 Å². The summed E-state index contributed by atoms with van der Waals surface area (Å²) in [6, 6.07) is 19.0. The molecule has 1 unspecified atom stereocenters. The van der Waals surface area contributed by atoms with Gasteiger partial charge in [-0.15, -0.1) is 0 Å². The molecule has 0 saturated carbocycles. The molecule has 0 aliphatic rings. The largest absolute Gasteiger partial charge is 0.456 e. The van der Waals surface area contributed by atoms with E-state index in [0.29, 0.717) is 12.2 Å². The molecule has 0 fully saturated rings. The van der Waals surface area contributed by atoms with Crippen molar-refractivity contribution in [2.75, 3.05) is 6.61 Å². The van der Waals surface area contributed by atoms with Gasteiger partial charge in [-0.3, -0.25) is 4.52 Å². The second-order valence-corrected chi connectivity index (χ2v) is 6.47. The summed E-state index contributed by atoms with van der Waals surface area (Å²) in [7, 11) is -3.54. The first-order valence-electron chi connectivity index (χ1n) is 7.35. The van der Waals surface area contributed by atoms with Gasteiger partial charge in [-0.25, -0.2) is 4.57 Å². The molecule has 1 atom stereocenters. The Hall–Kier alpha value is -2.27. The van der Waals surface area contributed by atoms with Gasteiger partial charge >= 0.3 is 7.60 Å². The molecular weight excluding hydrogens is 307 g/mol.